The molecule has 2 aliphatic rings. The van der Waals surface area contributed by atoms with Crippen LogP contribution in [0.15, 0.2) is 63.7 Å². The molecular formula is C26H25N3O4S2. The van der Waals surface area contributed by atoms with Gasteiger partial charge in [0.2, 0.25) is 11.8 Å². The predicted octanol–water partition coefficient (Wildman–Crippen LogP) is 4.35. The summed E-state index contributed by atoms with van der Waals surface area (Å²) in [5, 5.41) is 7.68. The Morgan fingerprint density at radius 2 is 1.89 bits per heavy atom. The summed E-state index contributed by atoms with van der Waals surface area (Å²) in [6, 6.07) is 14.5. The fraction of sp³-hybridized carbons (Fsp3) is 0.269. The van der Waals surface area contributed by atoms with Crippen LogP contribution in [-0.4, -0.2) is 41.8 Å². The van der Waals surface area contributed by atoms with E-state index >= 15 is 0 Å². The smallest absolute Gasteiger partial charge is 0.251 e. The van der Waals surface area contributed by atoms with Gasteiger partial charge in [-0.3, -0.25) is 14.4 Å². The molecule has 2 aliphatic heterocycles. The maximum atomic E-state index is 12.8. The van der Waals surface area contributed by atoms with Gasteiger partial charge in [0.15, 0.2) is 0 Å². The lowest BCUT2D eigenvalue weighted by Gasteiger charge is -2.24. The number of carbonyl (C=O) groups excluding carboxylic acids is 3. The Kier molecular flexibility index (Phi) is 6.79. The number of benzene rings is 2. The van der Waals surface area contributed by atoms with Gasteiger partial charge in [0.25, 0.3) is 5.91 Å². The summed E-state index contributed by atoms with van der Waals surface area (Å²) >= 11 is 3.19. The van der Waals surface area contributed by atoms with Gasteiger partial charge in [-0.25, -0.2) is 0 Å². The van der Waals surface area contributed by atoms with Crippen LogP contribution in [0.25, 0.3) is 0 Å². The van der Waals surface area contributed by atoms with Gasteiger partial charge in [-0.05, 0) is 67.1 Å². The third-order valence-corrected chi connectivity index (χ3v) is 8.16. The summed E-state index contributed by atoms with van der Waals surface area (Å²) in [6.45, 7) is 2.81. The molecule has 1 aromatic heterocycles. The first-order valence-corrected chi connectivity index (χ1v) is 13.2. The lowest BCUT2D eigenvalue weighted by molar-refractivity contribution is -0.137. The van der Waals surface area contributed by atoms with E-state index < -0.39 is 6.04 Å². The summed E-state index contributed by atoms with van der Waals surface area (Å²) < 4.78 is 5.95. The van der Waals surface area contributed by atoms with Crippen molar-refractivity contribution < 1.29 is 19.1 Å². The number of rotatable bonds is 6. The van der Waals surface area contributed by atoms with E-state index in [2.05, 4.69) is 10.6 Å². The van der Waals surface area contributed by atoms with Gasteiger partial charge in [0.1, 0.15) is 17.5 Å². The van der Waals surface area contributed by atoms with Crippen molar-refractivity contribution >= 4 is 40.8 Å². The number of amides is 3. The van der Waals surface area contributed by atoms with E-state index in [4.69, 9.17) is 4.74 Å². The van der Waals surface area contributed by atoms with Crippen LogP contribution < -0.4 is 15.4 Å². The maximum Gasteiger partial charge on any atom is 0.251 e. The number of hydrogen-bond acceptors (Lipinski definition) is 6. The lowest BCUT2D eigenvalue weighted by Crippen LogP contribution is -2.48. The van der Waals surface area contributed by atoms with Crippen LogP contribution in [0.2, 0.25) is 0 Å². The van der Waals surface area contributed by atoms with E-state index in [-0.39, 0.29) is 24.3 Å². The van der Waals surface area contributed by atoms with Gasteiger partial charge >= 0.3 is 0 Å². The van der Waals surface area contributed by atoms with E-state index in [1.54, 1.807) is 40.1 Å². The van der Waals surface area contributed by atoms with E-state index in [1.165, 1.54) is 5.56 Å². The summed E-state index contributed by atoms with van der Waals surface area (Å²) in [7, 11) is 0. The molecule has 2 N–H and O–H groups in total. The van der Waals surface area contributed by atoms with Crippen LogP contribution in [0.3, 0.4) is 0 Å². The Morgan fingerprint density at radius 3 is 2.71 bits per heavy atom. The van der Waals surface area contributed by atoms with Crippen molar-refractivity contribution in [2.45, 2.75) is 42.1 Å². The zero-order chi connectivity index (χ0) is 24.4. The molecule has 0 spiro atoms. The van der Waals surface area contributed by atoms with E-state index in [0.717, 1.165) is 26.8 Å². The summed E-state index contributed by atoms with van der Waals surface area (Å²) in [6.07, 6.45) is 1.38. The molecule has 180 valence electrons. The first-order chi connectivity index (χ1) is 17.0. The monoisotopic (exact) mass is 507 g/mol. The first kappa shape index (κ1) is 23.4. The molecule has 3 amide bonds. The van der Waals surface area contributed by atoms with E-state index in [1.807, 2.05) is 48.7 Å². The molecule has 5 rings (SSSR count). The standard InChI is InChI=1S/C26H25N3O4S2/c1-16-11-18(34-15-16)13-27-26(32)19-5-4-10-29(19)24(30)14-28-25(31)17-8-9-23-21(12-17)33-20-6-2-3-7-22(20)35-23/h2-3,6-9,11-12,15,19H,4-5,10,13-14H2,1H3,(H,27,32)(H,28,31). The minimum Gasteiger partial charge on any atom is -0.455 e. The Labute approximate surface area is 211 Å². The Balaban J connectivity index is 1.16. The minimum absolute atomic E-state index is 0.155. The highest BCUT2D eigenvalue weighted by Gasteiger charge is 2.34. The molecule has 1 atom stereocenters. The topological polar surface area (TPSA) is 87.7 Å². The molecule has 3 aromatic rings. The third-order valence-electron chi connectivity index (χ3n) is 5.99. The number of fused-ring (bicyclic) bond motifs is 2. The van der Waals surface area contributed by atoms with Gasteiger partial charge in [-0.1, -0.05) is 23.9 Å². The Bertz CT molecular complexity index is 1290. The summed E-state index contributed by atoms with van der Waals surface area (Å²) in [5.41, 5.74) is 1.58. The van der Waals surface area contributed by atoms with Crippen molar-refractivity contribution in [3.63, 3.8) is 0 Å². The number of ether oxygens (including phenoxy) is 1. The highest BCUT2D eigenvalue weighted by Crippen LogP contribution is 2.46. The number of likely N-dealkylation sites (tertiary alicyclic amines) is 1. The molecule has 0 aliphatic carbocycles. The normalized spacial score (nSPS) is 16.1. The second kappa shape index (κ2) is 10.1. The molecule has 9 heteroatoms. The predicted molar refractivity (Wildman–Crippen MR) is 135 cm³/mol. The zero-order valence-electron chi connectivity index (χ0n) is 19.2. The van der Waals surface area contributed by atoms with E-state index in [0.29, 0.717) is 30.8 Å². The quantitative estimate of drug-likeness (QED) is 0.405. The molecule has 3 heterocycles. The van der Waals surface area contributed by atoms with Crippen LogP contribution >= 0.6 is 23.1 Å². The molecule has 1 fully saturated rings. The van der Waals surface area contributed by atoms with Gasteiger partial charge in [0.05, 0.1) is 22.9 Å². The van der Waals surface area contributed by atoms with Gasteiger partial charge < -0.3 is 20.3 Å². The second-order valence-electron chi connectivity index (χ2n) is 8.55. The molecule has 2 aromatic carbocycles. The van der Waals surface area contributed by atoms with Gasteiger partial charge in [0, 0.05) is 17.0 Å². The van der Waals surface area contributed by atoms with Gasteiger partial charge in [-0.15, -0.1) is 11.3 Å². The lowest BCUT2D eigenvalue weighted by atomic mass is 10.2. The van der Waals surface area contributed by atoms with Crippen molar-refractivity contribution in [2.75, 3.05) is 13.1 Å². The largest absolute Gasteiger partial charge is 0.455 e. The molecule has 7 nitrogen and oxygen atoms in total. The van der Waals surface area contributed by atoms with Crippen molar-refractivity contribution in [1.29, 1.82) is 0 Å². The zero-order valence-corrected chi connectivity index (χ0v) is 20.8. The number of hydrogen-bond donors (Lipinski definition) is 2. The van der Waals surface area contributed by atoms with Crippen LogP contribution in [0.4, 0.5) is 0 Å². The number of para-hydroxylation sites is 1. The van der Waals surface area contributed by atoms with Crippen molar-refractivity contribution in [1.82, 2.24) is 15.5 Å². The average molecular weight is 508 g/mol. The number of thiophene rings is 1. The Hall–Kier alpha value is -3.30. The van der Waals surface area contributed by atoms with E-state index in [9.17, 15) is 14.4 Å². The highest BCUT2D eigenvalue weighted by molar-refractivity contribution is 7.99. The fourth-order valence-electron chi connectivity index (χ4n) is 4.24. The molecular weight excluding hydrogens is 482 g/mol. The van der Waals surface area contributed by atoms with Crippen LogP contribution in [0.5, 0.6) is 11.5 Å². The highest BCUT2D eigenvalue weighted by atomic mass is 32.2. The molecule has 0 saturated carbocycles. The number of aryl methyl sites for hydroxylation is 1. The van der Waals surface area contributed by atoms with Crippen molar-refractivity contribution in [3.05, 3.63) is 69.9 Å². The van der Waals surface area contributed by atoms with Crippen LogP contribution in [0, 0.1) is 6.92 Å². The molecule has 1 unspecified atom stereocenters. The maximum absolute atomic E-state index is 12.8. The number of carbonyl (C=O) groups is 3. The Morgan fingerprint density at radius 1 is 1.06 bits per heavy atom. The van der Waals surface area contributed by atoms with Crippen molar-refractivity contribution in [3.8, 4) is 11.5 Å². The third kappa shape index (κ3) is 5.21. The summed E-state index contributed by atoms with van der Waals surface area (Å²) in [5.74, 6) is 0.594. The first-order valence-electron chi connectivity index (χ1n) is 11.5. The van der Waals surface area contributed by atoms with Gasteiger partial charge in [-0.2, -0.15) is 0 Å². The molecule has 0 radical (unpaired) electrons. The van der Waals surface area contributed by atoms with Crippen molar-refractivity contribution in [2.24, 2.45) is 0 Å². The average Bonchev–Trinajstić information content (AvgIpc) is 3.53. The number of nitrogens with one attached hydrogen (secondary N) is 2. The second-order valence-corrected chi connectivity index (χ2v) is 10.6. The van der Waals surface area contributed by atoms with Crippen LogP contribution in [-0.2, 0) is 16.1 Å². The number of nitrogens with zero attached hydrogens (tertiary/aromatic N) is 1. The molecule has 0 bridgehead atoms. The SMILES string of the molecule is Cc1csc(CNC(=O)C2CCCN2C(=O)CNC(=O)c2ccc3c(c2)Oc2ccccc2S3)c1. The molecule has 35 heavy (non-hydrogen) atoms. The molecule has 1 saturated heterocycles. The minimum atomic E-state index is -0.505. The fourth-order valence-corrected chi connectivity index (χ4v) is 5.99. The summed E-state index contributed by atoms with van der Waals surface area (Å²) in [4.78, 5) is 42.9. The van der Waals surface area contributed by atoms with Crippen LogP contribution in [0.1, 0.15) is 33.6 Å².